The molecule has 0 spiro atoms. The summed E-state index contributed by atoms with van der Waals surface area (Å²) in [5.41, 5.74) is 3.24. The van der Waals surface area contributed by atoms with E-state index in [0.717, 1.165) is 27.4 Å². The second-order valence-electron chi connectivity index (χ2n) is 6.57. The first kappa shape index (κ1) is 20.8. The van der Waals surface area contributed by atoms with Gasteiger partial charge in [-0.3, -0.25) is 14.6 Å². The Kier molecular flexibility index (Phi) is 7.97. The third kappa shape index (κ3) is 6.27. The van der Waals surface area contributed by atoms with E-state index in [1.807, 2.05) is 12.3 Å². The summed E-state index contributed by atoms with van der Waals surface area (Å²) in [5, 5.41) is 7.62. The first-order valence-electron chi connectivity index (χ1n) is 9.71. The van der Waals surface area contributed by atoms with Crippen molar-refractivity contribution in [2.75, 3.05) is 39.5 Å². The molecule has 0 fully saturated rings. The number of nitrogens with one attached hydrogen (secondary N) is 3. The molecule has 3 aromatic rings. The number of nitrogens with zero attached hydrogens (tertiary/aromatic N) is 1. The van der Waals surface area contributed by atoms with Crippen molar-refractivity contribution in [3.8, 4) is 0 Å². The highest BCUT2D eigenvalue weighted by Crippen LogP contribution is 2.25. The molecule has 0 radical (unpaired) electrons. The molecule has 0 atom stereocenters. The number of aromatic nitrogens is 2. The van der Waals surface area contributed by atoms with Gasteiger partial charge in [-0.1, -0.05) is 12.1 Å². The second-order valence-corrected chi connectivity index (χ2v) is 6.57. The van der Waals surface area contributed by atoms with Crippen molar-refractivity contribution >= 4 is 34.1 Å². The predicted octanol–water partition coefficient (Wildman–Crippen LogP) is 1.54. The Morgan fingerprint density at radius 2 is 1.86 bits per heavy atom. The molecule has 1 aromatic carbocycles. The number of aromatic amines is 1. The third-order valence-corrected chi connectivity index (χ3v) is 4.52. The normalized spacial score (nSPS) is 11.0. The number of fused-ring (bicyclic) bond motifs is 3. The predicted molar refractivity (Wildman–Crippen MR) is 111 cm³/mol. The molecule has 29 heavy (non-hydrogen) atoms. The Morgan fingerprint density at radius 1 is 1.03 bits per heavy atom. The zero-order chi connectivity index (χ0) is 20.3. The molecule has 0 aliphatic rings. The number of hydrogen-bond donors (Lipinski definition) is 3. The van der Waals surface area contributed by atoms with Crippen LogP contribution in [0.3, 0.4) is 0 Å². The third-order valence-electron chi connectivity index (χ3n) is 4.52. The summed E-state index contributed by atoms with van der Waals surface area (Å²) in [6.07, 6.45) is 5.38. The number of benzene rings is 1. The summed E-state index contributed by atoms with van der Waals surface area (Å²) in [5.74, 6) is 0.00531. The number of pyridine rings is 1. The molecule has 154 valence electrons. The number of carbonyl (C=O) groups excluding carboxylic acids is 2. The smallest absolute Gasteiger partial charge is 0.220 e. The Morgan fingerprint density at radius 3 is 2.69 bits per heavy atom. The van der Waals surface area contributed by atoms with E-state index in [1.54, 1.807) is 6.20 Å². The number of ether oxygens (including phenoxy) is 2. The highest BCUT2D eigenvalue weighted by molar-refractivity contribution is 6.06. The van der Waals surface area contributed by atoms with Crippen LogP contribution in [0.4, 0.5) is 0 Å². The van der Waals surface area contributed by atoms with Crippen molar-refractivity contribution in [2.24, 2.45) is 0 Å². The molecule has 0 unspecified atom stereocenters. The number of aryl methyl sites for hydroxylation is 1. The summed E-state index contributed by atoms with van der Waals surface area (Å²) in [6, 6.07) is 8.19. The summed E-state index contributed by atoms with van der Waals surface area (Å²) in [6.45, 7) is 2.78. The fourth-order valence-corrected chi connectivity index (χ4v) is 3.07. The molecule has 0 aliphatic carbocycles. The van der Waals surface area contributed by atoms with Gasteiger partial charge in [-0.05, 0) is 24.1 Å². The maximum Gasteiger partial charge on any atom is 0.220 e. The molecule has 3 rings (SSSR count). The average molecular weight is 398 g/mol. The molecule has 8 nitrogen and oxygen atoms in total. The first-order chi connectivity index (χ1) is 14.3. The molecule has 2 aromatic heterocycles. The molecule has 8 heteroatoms. The van der Waals surface area contributed by atoms with Crippen LogP contribution in [0.2, 0.25) is 0 Å². The molecule has 0 bridgehead atoms. The lowest BCUT2D eigenvalue weighted by molar-refractivity contribution is -0.121. The minimum Gasteiger partial charge on any atom is -0.377 e. The van der Waals surface area contributed by atoms with E-state index in [2.05, 4.69) is 38.8 Å². The molecule has 0 saturated carbocycles. The van der Waals surface area contributed by atoms with Crippen molar-refractivity contribution in [2.45, 2.75) is 12.8 Å². The van der Waals surface area contributed by atoms with Crippen LogP contribution in [0.1, 0.15) is 12.0 Å². The molecule has 3 N–H and O–H groups in total. The Balaban J connectivity index is 1.31. The molecule has 0 saturated heterocycles. The Labute approximate surface area is 169 Å². The number of rotatable bonds is 13. The lowest BCUT2D eigenvalue weighted by atomic mass is 10.1. The molecule has 2 amide bonds. The Hall–Kier alpha value is -2.97. The van der Waals surface area contributed by atoms with Crippen LogP contribution in [-0.4, -0.2) is 61.8 Å². The van der Waals surface area contributed by atoms with E-state index >= 15 is 0 Å². The van der Waals surface area contributed by atoms with Crippen molar-refractivity contribution in [3.05, 3.63) is 42.2 Å². The van der Waals surface area contributed by atoms with Crippen LogP contribution >= 0.6 is 0 Å². The monoisotopic (exact) mass is 398 g/mol. The van der Waals surface area contributed by atoms with Gasteiger partial charge in [0, 0.05) is 53.7 Å². The van der Waals surface area contributed by atoms with Crippen molar-refractivity contribution in [1.29, 1.82) is 0 Å². The topological polar surface area (TPSA) is 105 Å². The SMILES string of the molecule is O=CNCCOCCOCCNC(=O)CCc1ccc2c(c1)[nH]c1ccncc12. The van der Waals surface area contributed by atoms with Crippen LogP contribution in [0.25, 0.3) is 21.8 Å². The largest absolute Gasteiger partial charge is 0.377 e. The lowest BCUT2D eigenvalue weighted by Crippen LogP contribution is -2.28. The quantitative estimate of drug-likeness (QED) is 0.299. The second kappa shape index (κ2) is 11.1. The highest BCUT2D eigenvalue weighted by Gasteiger charge is 2.06. The van der Waals surface area contributed by atoms with Gasteiger partial charge in [-0.25, -0.2) is 0 Å². The summed E-state index contributed by atoms with van der Waals surface area (Å²) in [7, 11) is 0. The molecular weight excluding hydrogens is 372 g/mol. The average Bonchev–Trinajstić information content (AvgIpc) is 3.11. The van der Waals surface area contributed by atoms with Crippen molar-refractivity contribution in [1.82, 2.24) is 20.6 Å². The number of amides is 2. The van der Waals surface area contributed by atoms with Gasteiger partial charge < -0.3 is 25.1 Å². The maximum absolute atomic E-state index is 12.0. The van der Waals surface area contributed by atoms with Crippen LogP contribution in [-0.2, 0) is 25.5 Å². The number of H-pyrrole nitrogens is 1. The fraction of sp³-hybridized carbons (Fsp3) is 0.381. The van der Waals surface area contributed by atoms with Crippen LogP contribution in [0, 0.1) is 0 Å². The summed E-state index contributed by atoms with van der Waals surface area (Å²) in [4.78, 5) is 29.6. The van der Waals surface area contributed by atoms with E-state index in [-0.39, 0.29) is 5.91 Å². The lowest BCUT2D eigenvalue weighted by Gasteiger charge is -2.07. The molecule has 2 heterocycles. The summed E-state index contributed by atoms with van der Waals surface area (Å²) < 4.78 is 10.7. The fourth-order valence-electron chi connectivity index (χ4n) is 3.07. The molecular formula is C21H26N4O4. The maximum atomic E-state index is 12.0. The van der Waals surface area contributed by atoms with Crippen LogP contribution in [0.5, 0.6) is 0 Å². The highest BCUT2D eigenvalue weighted by atomic mass is 16.5. The van der Waals surface area contributed by atoms with Crippen molar-refractivity contribution < 1.29 is 19.1 Å². The minimum atomic E-state index is 0.00531. The van der Waals surface area contributed by atoms with Crippen LogP contribution < -0.4 is 10.6 Å². The van der Waals surface area contributed by atoms with Gasteiger partial charge in [0.05, 0.1) is 26.4 Å². The van der Waals surface area contributed by atoms with E-state index in [1.165, 1.54) is 0 Å². The Bertz CT molecular complexity index is 941. The molecule has 0 aliphatic heterocycles. The van der Waals surface area contributed by atoms with Gasteiger partial charge in [-0.2, -0.15) is 0 Å². The summed E-state index contributed by atoms with van der Waals surface area (Å²) >= 11 is 0. The zero-order valence-electron chi connectivity index (χ0n) is 16.3. The number of carbonyl (C=O) groups is 2. The van der Waals surface area contributed by atoms with Gasteiger partial charge >= 0.3 is 0 Å². The van der Waals surface area contributed by atoms with Gasteiger partial charge in [0.1, 0.15) is 0 Å². The first-order valence-corrected chi connectivity index (χ1v) is 9.71. The number of hydrogen-bond acceptors (Lipinski definition) is 5. The standard InChI is InChI=1S/C21H26N4O4/c26-15-23-7-9-28-11-12-29-10-8-24-21(27)4-2-16-1-3-17-18-14-22-6-5-19(18)25-20(17)13-16/h1,3,5-6,13-15,25H,2,4,7-12H2,(H,23,26)(H,24,27). The van der Waals surface area contributed by atoms with Crippen molar-refractivity contribution in [3.63, 3.8) is 0 Å². The minimum absolute atomic E-state index is 0.00531. The van der Waals surface area contributed by atoms with E-state index in [4.69, 9.17) is 9.47 Å². The van der Waals surface area contributed by atoms with E-state index < -0.39 is 0 Å². The van der Waals surface area contributed by atoms with E-state index in [9.17, 15) is 9.59 Å². The van der Waals surface area contributed by atoms with E-state index in [0.29, 0.717) is 58.8 Å². The zero-order valence-corrected chi connectivity index (χ0v) is 16.3. The van der Waals surface area contributed by atoms with Gasteiger partial charge in [-0.15, -0.1) is 0 Å². The van der Waals surface area contributed by atoms with Gasteiger partial charge in [0.2, 0.25) is 12.3 Å². The van der Waals surface area contributed by atoms with Crippen LogP contribution in [0.15, 0.2) is 36.7 Å². The van der Waals surface area contributed by atoms with Gasteiger partial charge in [0.25, 0.3) is 0 Å². The van der Waals surface area contributed by atoms with Gasteiger partial charge in [0.15, 0.2) is 0 Å².